The number of piperidine rings is 1. The van der Waals surface area contributed by atoms with Crippen molar-refractivity contribution in [1.29, 1.82) is 0 Å². The van der Waals surface area contributed by atoms with Crippen LogP contribution in [0, 0.1) is 0 Å². The number of nitrogens with zero attached hydrogens (tertiary/aromatic N) is 1. The van der Waals surface area contributed by atoms with Gasteiger partial charge in [0.1, 0.15) is 5.69 Å². The van der Waals surface area contributed by atoms with E-state index in [9.17, 15) is 4.79 Å². The monoisotopic (exact) mass is 207 g/mol. The molecule has 0 aliphatic carbocycles. The van der Waals surface area contributed by atoms with Crippen LogP contribution in [0.1, 0.15) is 30.3 Å². The van der Waals surface area contributed by atoms with Gasteiger partial charge in [-0.25, -0.2) is 0 Å². The summed E-state index contributed by atoms with van der Waals surface area (Å²) in [6.07, 6.45) is 3.57. The van der Waals surface area contributed by atoms with Crippen LogP contribution in [-0.4, -0.2) is 34.4 Å². The average Bonchev–Trinajstić information content (AvgIpc) is 2.69. The molecular weight excluding hydrogens is 190 g/mol. The molecule has 0 saturated carbocycles. The van der Waals surface area contributed by atoms with Crippen LogP contribution in [0.4, 0.5) is 0 Å². The van der Waals surface area contributed by atoms with E-state index in [0.29, 0.717) is 5.69 Å². The predicted molar refractivity (Wildman–Crippen MR) is 58.5 cm³/mol. The summed E-state index contributed by atoms with van der Waals surface area (Å²) < 4.78 is 0. The predicted octanol–water partition coefficient (Wildman–Crippen LogP) is 0.966. The molecule has 0 bridgehead atoms. The third-order valence-electron chi connectivity index (χ3n) is 3.01. The molecule has 2 rings (SSSR count). The van der Waals surface area contributed by atoms with Crippen LogP contribution in [0.25, 0.3) is 0 Å². The number of carbonyl (C=O) groups is 1. The molecule has 1 amide bonds. The molecule has 82 valence electrons. The Morgan fingerprint density at radius 1 is 1.67 bits per heavy atom. The molecule has 1 aliphatic heterocycles. The smallest absolute Gasteiger partial charge is 0.270 e. The van der Waals surface area contributed by atoms with Gasteiger partial charge in [-0.3, -0.25) is 4.79 Å². The maximum atomic E-state index is 12.0. The van der Waals surface area contributed by atoms with Crippen molar-refractivity contribution in [2.75, 3.05) is 6.54 Å². The first-order valence-corrected chi connectivity index (χ1v) is 5.38. The van der Waals surface area contributed by atoms with Gasteiger partial charge >= 0.3 is 0 Å². The number of aromatic amines is 1. The molecule has 0 aromatic carbocycles. The summed E-state index contributed by atoms with van der Waals surface area (Å²) in [6, 6.07) is 4.13. The van der Waals surface area contributed by atoms with E-state index in [1.807, 2.05) is 17.0 Å². The minimum atomic E-state index is 0.0828. The fourth-order valence-electron chi connectivity index (χ4n) is 2.13. The fraction of sp³-hybridized carbons (Fsp3) is 0.545. The fourth-order valence-corrected chi connectivity index (χ4v) is 2.13. The number of hydrogen-bond acceptors (Lipinski definition) is 2. The van der Waals surface area contributed by atoms with Gasteiger partial charge in [0.25, 0.3) is 5.91 Å². The number of nitrogens with one attached hydrogen (secondary N) is 1. The van der Waals surface area contributed by atoms with Crippen molar-refractivity contribution in [2.45, 2.75) is 31.8 Å². The number of aromatic nitrogens is 1. The Morgan fingerprint density at radius 3 is 3.07 bits per heavy atom. The third-order valence-corrected chi connectivity index (χ3v) is 3.01. The van der Waals surface area contributed by atoms with E-state index >= 15 is 0 Å². The van der Waals surface area contributed by atoms with Crippen molar-refractivity contribution < 1.29 is 4.79 Å². The molecule has 2 atom stereocenters. The Morgan fingerprint density at radius 2 is 2.47 bits per heavy atom. The minimum absolute atomic E-state index is 0.0828. The number of rotatable bonds is 1. The van der Waals surface area contributed by atoms with Gasteiger partial charge in [-0.05, 0) is 31.9 Å². The molecule has 4 nitrogen and oxygen atoms in total. The topological polar surface area (TPSA) is 62.1 Å². The van der Waals surface area contributed by atoms with Gasteiger partial charge in [0.15, 0.2) is 0 Å². The zero-order valence-corrected chi connectivity index (χ0v) is 8.94. The molecule has 15 heavy (non-hydrogen) atoms. The van der Waals surface area contributed by atoms with E-state index in [4.69, 9.17) is 5.73 Å². The SMILES string of the molecule is CC1CC(N)CCN1C(=O)c1ccc[nH]1. The van der Waals surface area contributed by atoms with Gasteiger partial charge in [0.05, 0.1) is 0 Å². The van der Waals surface area contributed by atoms with Gasteiger partial charge < -0.3 is 15.6 Å². The Labute approximate surface area is 89.5 Å². The molecule has 1 aromatic rings. The van der Waals surface area contributed by atoms with E-state index in [2.05, 4.69) is 11.9 Å². The zero-order valence-electron chi connectivity index (χ0n) is 8.94. The Hall–Kier alpha value is -1.29. The van der Waals surface area contributed by atoms with Crippen LogP contribution < -0.4 is 5.73 Å². The first kappa shape index (κ1) is 10.2. The Kier molecular flexibility index (Phi) is 2.77. The number of hydrogen-bond donors (Lipinski definition) is 2. The van der Waals surface area contributed by atoms with Gasteiger partial charge in [0.2, 0.25) is 0 Å². The second-order valence-corrected chi connectivity index (χ2v) is 4.22. The third kappa shape index (κ3) is 2.04. The van der Waals surface area contributed by atoms with Crippen molar-refractivity contribution in [3.8, 4) is 0 Å². The normalized spacial score (nSPS) is 26.7. The first-order valence-electron chi connectivity index (χ1n) is 5.38. The molecule has 4 heteroatoms. The molecule has 1 aromatic heterocycles. The largest absolute Gasteiger partial charge is 0.357 e. The number of amides is 1. The van der Waals surface area contributed by atoms with Crippen LogP contribution >= 0.6 is 0 Å². The van der Waals surface area contributed by atoms with Crippen LogP contribution in [0.15, 0.2) is 18.3 Å². The number of H-pyrrole nitrogens is 1. The van der Waals surface area contributed by atoms with E-state index in [0.717, 1.165) is 19.4 Å². The summed E-state index contributed by atoms with van der Waals surface area (Å²) in [4.78, 5) is 16.9. The first-order chi connectivity index (χ1) is 7.18. The molecule has 0 radical (unpaired) electrons. The maximum absolute atomic E-state index is 12.0. The Bertz CT molecular complexity index is 334. The second kappa shape index (κ2) is 4.06. The standard InChI is InChI=1S/C11H17N3O/c1-8-7-9(12)4-6-14(8)11(15)10-3-2-5-13-10/h2-3,5,8-9,13H,4,6-7,12H2,1H3. The van der Waals surface area contributed by atoms with E-state index in [-0.39, 0.29) is 18.0 Å². The second-order valence-electron chi connectivity index (χ2n) is 4.22. The van der Waals surface area contributed by atoms with Gasteiger partial charge in [-0.2, -0.15) is 0 Å². The maximum Gasteiger partial charge on any atom is 0.270 e. The highest BCUT2D eigenvalue weighted by Gasteiger charge is 2.27. The Balaban J connectivity index is 2.08. The average molecular weight is 207 g/mol. The molecule has 1 saturated heterocycles. The number of likely N-dealkylation sites (tertiary alicyclic amines) is 1. The zero-order chi connectivity index (χ0) is 10.8. The summed E-state index contributed by atoms with van der Waals surface area (Å²) in [7, 11) is 0. The van der Waals surface area contributed by atoms with Crippen LogP contribution in [0.2, 0.25) is 0 Å². The molecule has 3 N–H and O–H groups in total. The van der Waals surface area contributed by atoms with Crippen molar-refractivity contribution in [3.05, 3.63) is 24.0 Å². The van der Waals surface area contributed by atoms with E-state index in [1.165, 1.54) is 0 Å². The molecule has 0 spiro atoms. The van der Waals surface area contributed by atoms with Crippen molar-refractivity contribution in [2.24, 2.45) is 5.73 Å². The summed E-state index contributed by atoms with van der Waals surface area (Å²) in [5, 5.41) is 0. The van der Waals surface area contributed by atoms with Gasteiger partial charge in [0, 0.05) is 24.8 Å². The minimum Gasteiger partial charge on any atom is -0.357 e. The highest BCUT2D eigenvalue weighted by molar-refractivity contribution is 5.92. The summed E-state index contributed by atoms with van der Waals surface area (Å²) in [5.41, 5.74) is 6.52. The van der Waals surface area contributed by atoms with Crippen molar-refractivity contribution in [3.63, 3.8) is 0 Å². The molecule has 1 aliphatic rings. The summed E-state index contributed by atoms with van der Waals surface area (Å²) in [5.74, 6) is 0.0828. The van der Waals surface area contributed by atoms with E-state index in [1.54, 1.807) is 6.20 Å². The highest BCUT2D eigenvalue weighted by atomic mass is 16.2. The number of nitrogens with two attached hydrogens (primary N) is 1. The summed E-state index contributed by atoms with van der Waals surface area (Å²) in [6.45, 7) is 2.82. The quantitative estimate of drug-likeness (QED) is 0.720. The van der Waals surface area contributed by atoms with Gasteiger partial charge in [-0.15, -0.1) is 0 Å². The van der Waals surface area contributed by atoms with Crippen LogP contribution in [0.5, 0.6) is 0 Å². The molecule has 2 unspecified atom stereocenters. The van der Waals surface area contributed by atoms with Crippen LogP contribution in [0.3, 0.4) is 0 Å². The molecule has 1 fully saturated rings. The van der Waals surface area contributed by atoms with Gasteiger partial charge in [-0.1, -0.05) is 0 Å². The van der Waals surface area contributed by atoms with Crippen molar-refractivity contribution in [1.82, 2.24) is 9.88 Å². The lowest BCUT2D eigenvalue weighted by Crippen LogP contribution is -2.48. The molecular formula is C11H17N3O. The lowest BCUT2D eigenvalue weighted by molar-refractivity contribution is 0.0613. The number of carbonyl (C=O) groups excluding carboxylic acids is 1. The lowest BCUT2D eigenvalue weighted by atomic mass is 9.99. The highest BCUT2D eigenvalue weighted by Crippen LogP contribution is 2.17. The van der Waals surface area contributed by atoms with E-state index < -0.39 is 0 Å². The van der Waals surface area contributed by atoms with Crippen molar-refractivity contribution >= 4 is 5.91 Å². The van der Waals surface area contributed by atoms with Crippen LogP contribution in [-0.2, 0) is 0 Å². The lowest BCUT2D eigenvalue weighted by Gasteiger charge is -2.36. The molecule has 2 heterocycles. The summed E-state index contributed by atoms with van der Waals surface area (Å²) >= 11 is 0.